The fourth-order valence-corrected chi connectivity index (χ4v) is 4.81. The Morgan fingerprint density at radius 2 is 1.90 bits per heavy atom. The Labute approximate surface area is 175 Å². The molecule has 0 unspecified atom stereocenters. The molecule has 3 aromatic rings. The fraction of sp³-hybridized carbons (Fsp3) is 0.375. The van der Waals surface area contributed by atoms with E-state index in [4.69, 9.17) is 4.98 Å². The lowest BCUT2D eigenvalue weighted by molar-refractivity contribution is 0.102. The number of rotatable bonds is 7. The highest BCUT2D eigenvalue weighted by Gasteiger charge is 2.16. The van der Waals surface area contributed by atoms with Crippen LogP contribution in [0.3, 0.4) is 0 Å². The van der Waals surface area contributed by atoms with E-state index in [0.717, 1.165) is 31.2 Å². The van der Waals surface area contributed by atoms with Crippen molar-refractivity contribution in [2.75, 3.05) is 5.75 Å². The largest absolute Gasteiger partial charge is 0.293 e. The van der Waals surface area contributed by atoms with Crippen molar-refractivity contribution in [2.45, 2.75) is 57.1 Å². The van der Waals surface area contributed by atoms with Crippen LogP contribution in [0, 0.1) is 0 Å². The van der Waals surface area contributed by atoms with Crippen LogP contribution in [-0.4, -0.2) is 21.1 Å². The quantitative estimate of drug-likeness (QED) is 0.313. The number of Topliss-reactive ketones (excluding diaryl/α,β-unsaturated/α-hetero) is 1. The molecule has 0 atom stereocenters. The summed E-state index contributed by atoms with van der Waals surface area (Å²) < 4.78 is 1.73. The molecule has 1 aliphatic carbocycles. The highest BCUT2D eigenvalue weighted by atomic mass is 32.2. The van der Waals surface area contributed by atoms with Crippen LogP contribution in [0.4, 0.5) is 0 Å². The number of thioether (sulfide) groups is 1. The molecule has 0 radical (unpaired) electrons. The van der Waals surface area contributed by atoms with Gasteiger partial charge >= 0.3 is 0 Å². The fourth-order valence-electron chi connectivity index (χ4n) is 3.89. The van der Waals surface area contributed by atoms with Crippen molar-refractivity contribution < 1.29 is 4.79 Å². The van der Waals surface area contributed by atoms with Gasteiger partial charge in [0.25, 0.3) is 5.56 Å². The van der Waals surface area contributed by atoms with E-state index in [0.29, 0.717) is 22.6 Å². The Hall–Kier alpha value is -2.40. The average Bonchev–Trinajstić information content (AvgIpc) is 2.76. The van der Waals surface area contributed by atoms with Gasteiger partial charge in [-0.05, 0) is 61.4 Å². The molecule has 150 valence electrons. The lowest BCUT2D eigenvalue weighted by Crippen LogP contribution is -2.24. The number of aryl methyl sites for hydroxylation is 2. The number of carbonyl (C=O) groups is 1. The van der Waals surface area contributed by atoms with Gasteiger partial charge in [0, 0.05) is 12.1 Å². The highest BCUT2D eigenvalue weighted by Crippen LogP contribution is 2.24. The van der Waals surface area contributed by atoms with E-state index in [-0.39, 0.29) is 17.1 Å². The summed E-state index contributed by atoms with van der Waals surface area (Å²) in [4.78, 5) is 30.5. The van der Waals surface area contributed by atoms with E-state index in [1.165, 1.54) is 35.7 Å². The first-order chi connectivity index (χ1) is 14.2. The molecule has 0 saturated carbocycles. The molecular formula is C24H26N2O2S. The maximum Gasteiger partial charge on any atom is 0.262 e. The Kier molecular flexibility index (Phi) is 6.14. The minimum atomic E-state index is -0.0206. The Bertz CT molecular complexity index is 1100. The van der Waals surface area contributed by atoms with Crippen molar-refractivity contribution in [3.8, 4) is 0 Å². The van der Waals surface area contributed by atoms with Gasteiger partial charge in [0.15, 0.2) is 10.9 Å². The number of fused-ring (bicyclic) bond motifs is 2. The Morgan fingerprint density at radius 3 is 2.72 bits per heavy atom. The van der Waals surface area contributed by atoms with Gasteiger partial charge in [-0.2, -0.15) is 0 Å². The molecule has 0 spiro atoms. The van der Waals surface area contributed by atoms with Crippen LogP contribution < -0.4 is 5.56 Å². The number of carbonyl (C=O) groups excluding carboxylic acids is 1. The van der Waals surface area contributed by atoms with Crippen LogP contribution >= 0.6 is 11.8 Å². The van der Waals surface area contributed by atoms with Crippen LogP contribution in [-0.2, 0) is 19.4 Å². The first-order valence-electron chi connectivity index (χ1n) is 10.4. The van der Waals surface area contributed by atoms with E-state index in [2.05, 4.69) is 19.1 Å². The summed E-state index contributed by atoms with van der Waals surface area (Å²) in [6, 6.07) is 13.5. The van der Waals surface area contributed by atoms with Gasteiger partial charge in [-0.15, -0.1) is 0 Å². The normalized spacial score (nSPS) is 13.4. The molecule has 0 saturated heterocycles. The summed E-state index contributed by atoms with van der Waals surface area (Å²) in [5, 5.41) is 1.27. The number of hydrogen-bond donors (Lipinski definition) is 0. The van der Waals surface area contributed by atoms with Gasteiger partial charge in [-0.3, -0.25) is 14.2 Å². The smallest absolute Gasteiger partial charge is 0.262 e. The third-order valence-electron chi connectivity index (χ3n) is 5.56. The van der Waals surface area contributed by atoms with Crippen molar-refractivity contribution >= 4 is 28.4 Å². The highest BCUT2D eigenvalue weighted by molar-refractivity contribution is 7.99. The Balaban J connectivity index is 1.58. The summed E-state index contributed by atoms with van der Waals surface area (Å²) in [7, 11) is 0. The van der Waals surface area contributed by atoms with E-state index >= 15 is 0 Å². The molecule has 1 heterocycles. The first kappa shape index (κ1) is 19.9. The molecule has 29 heavy (non-hydrogen) atoms. The van der Waals surface area contributed by atoms with Gasteiger partial charge in [-0.25, -0.2) is 4.98 Å². The molecule has 0 aliphatic heterocycles. The van der Waals surface area contributed by atoms with Crippen LogP contribution in [0.15, 0.2) is 52.4 Å². The molecule has 1 aliphatic rings. The zero-order valence-corrected chi connectivity index (χ0v) is 17.6. The summed E-state index contributed by atoms with van der Waals surface area (Å²) >= 11 is 1.37. The maximum atomic E-state index is 13.0. The number of ketones is 1. The Morgan fingerprint density at radius 1 is 1.10 bits per heavy atom. The predicted octanol–water partition coefficient (Wildman–Crippen LogP) is 5.05. The maximum absolute atomic E-state index is 13.0. The lowest BCUT2D eigenvalue weighted by Gasteiger charge is -2.16. The van der Waals surface area contributed by atoms with Gasteiger partial charge < -0.3 is 0 Å². The number of para-hydroxylation sites is 1. The van der Waals surface area contributed by atoms with Crippen molar-refractivity contribution in [1.82, 2.24) is 9.55 Å². The molecule has 2 aromatic carbocycles. The van der Waals surface area contributed by atoms with E-state index in [1.54, 1.807) is 4.57 Å². The minimum Gasteiger partial charge on any atom is -0.293 e. The zero-order chi connectivity index (χ0) is 20.2. The molecule has 4 rings (SSSR count). The molecule has 0 N–H and O–H groups in total. The minimum absolute atomic E-state index is 0.0206. The van der Waals surface area contributed by atoms with Gasteiger partial charge in [0.1, 0.15) is 0 Å². The first-order valence-corrected chi connectivity index (χ1v) is 11.4. The summed E-state index contributed by atoms with van der Waals surface area (Å²) in [6.07, 6.45) is 6.52. The summed E-state index contributed by atoms with van der Waals surface area (Å²) in [6.45, 7) is 2.73. The van der Waals surface area contributed by atoms with Crippen LogP contribution in [0.1, 0.15) is 54.1 Å². The van der Waals surface area contributed by atoms with Crippen molar-refractivity contribution in [2.24, 2.45) is 0 Å². The van der Waals surface area contributed by atoms with Gasteiger partial charge in [0.05, 0.1) is 16.7 Å². The van der Waals surface area contributed by atoms with E-state index in [1.807, 2.05) is 30.3 Å². The number of hydrogen-bond acceptors (Lipinski definition) is 4. The predicted molar refractivity (Wildman–Crippen MR) is 119 cm³/mol. The molecule has 1 aromatic heterocycles. The summed E-state index contributed by atoms with van der Waals surface area (Å²) in [5.74, 6) is 0.378. The van der Waals surface area contributed by atoms with Crippen molar-refractivity contribution in [1.29, 1.82) is 0 Å². The third-order valence-corrected chi connectivity index (χ3v) is 6.54. The monoisotopic (exact) mass is 406 g/mol. The van der Waals surface area contributed by atoms with Crippen molar-refractivity contribution in [3.05, 3.63) is 69.5 Å². The van der Waals surface area contributed by atoms with E-state index < -0.39 is 0 Å². The molecular weight excluding hydrogens is 380 g/mol. The van der Waals surface area contributed by atoms with Crippen LogP contribution in [0.25, 0.3) is 10.9 Å². The second-order valence-electron chi connectivity index (χ2n) is 7.62. The SMILES string of the molecule is CCCCn1c(SCC(=O)c2ccc3c(c2)CCCC3)nc2ccccc2c1=O. The molecule has 0 amide bonds. The number of unbranched alkanes of at least 4 members (excludes halogenated alkanes) is 1. The molecule has 0 bridgehead atoms. The number of nitrogens with zero attached hydrogens (tertiary/aromatic N) is 2. The van der Waals surface area contributed by atoms with Gasteiger partial charge in [0.2, 0.25) is 0 Å². The lowest BCUT2D eigenvalue weighted by atomic mass is 9.90. The molecule has 0 fully saturated rings. The standard InChI is InChI=1S/C24H26N2O2S/c1-2-3-14-26-23(28)20-10-6-7-11-21(20)25-24(26)29-16-22(27)19-13-12-17-8-4-5-9-18(17)15-19/h6-7,10-13,15H,2-5,8-9,14,16H2,1H3. The number of benzene rings is 2. The average molecular weight is 407 g/mol. The number of aromatic nitrogens is 2. The van der Waals surface area contributed by atoms with Crippen LogP contribution in [0.2, 0.25) is 0 Å². The molecule has 5 heteroatoms. The second kappa shape index (κ2) is 8.95. The molecule has 4 nitrogen and oxygen atoms in total. The third kappa shape index (κ3) is 4.30. The van der Waals surface area contributed by atoms with Gasteiger partial charge in [-0.1, -0.05) is 49.4 Å². The van der Waals surface area contributed by atoms with Crippen molar-refractivity contribution in [3.63, 3.8) is 0 Å². The zero-order valence-electron chi connectivity index (χ0n) is 16.8. The topological polar surface area (TPSA) is 52.0 Å². The van der Waals surface area contributed by atoms with E-state index in [9.17, 15) is 9.59 Å². The second-order valence-corrected chi connectivity index (χ2v) is 8.57. The van der Waals surface area contributed by atoms with Crippen LogP contribution in [0.5, 0.6) is 0 Å². The summed E-state index contributed by atoms with van der Waals surface area (Å²) in [5.41, 5.74) is 4.13.